The number of rotatable bonds is 12. The van der Waals surface area contributed by atoms with E-state index < -0.39 is 58.8 Å². The fraction of sp³-hybridized carbons (Fsp3) is 0.324. The van der Waals surface area contributed by atoms with Gasteiger partial charge in [-0.3, -0.25) is 23.5 Å². The molecule has 4 heterocycles. The van der Waals surface area contributed by atoms with Crippen LogP contribution in [0, 0.1) is 0 Å². The van der Waals surface area contributed by atoms with Gasteiger partial charge in [0.25, 0.3) is 11.8 Å². The Balaban J connectivity index is 1.28. The predicted molar refractivity (Wildman–Crippen MR) is 189 cm³/mol. The Kier molecular flexibility index (Phi) is 11.4. The number of hydrogen-bond acceptors (Lipinski definition) is 13. The number of nitrogens with zero attached hydrogens (tertiary/aromatic N) is 5. The summed E-state index contributed by atoms with van der Waals surface area (Å²) in [5, 5.41) is 9.18. The van der Waals surface area contributed by atoms with Crippen LogP contribution in [0.5, 0.6) is 0 Å². The molecule has 3 atom stereocenters. The summed E-state index contributed by atoms with van der Waals surface area (Å²) in [7, 11) is 1.31. The summed E-state index contributed by atoms with van der Waals surface area (Å²) in [6, 6.07) is 16.8. The quantitative estimate of drug-likeness (QED) is 0.0897. The maximum atomic E-state index is 14.3. The van der Waals surface area contributed by atoms with Crippen molar-refractivity contribution >= 4 is 63.3 Å². The number of ether oxygens (including phenoxy) is 2. The second-order valence-electron chi connectivity index (χ2n) is 11.9. The molecule has 1 aromatic heterocycles. The molecule has 6 rings (SSSR count). The summed E-state index contributed by atoms with van der Waals surface area (Å²) >= 11 is 1.03. The highest BCUT2D eigenvalue weighted by molar-refractivity contribution is 7.86. The maximum Gasteiger partial charge on any atom is 0.410 e. The van der Waals surface area contributed by atoms with Gasteiger partial charge in [0.15, 0.2) is 16.9 Å². The molecule has 0 bridgehead atoms. The number of benzene rings is 2. The summed E-state index contributed by atoms with van der Waals surface area (Å²) in [5.41, 5.74) is 1.02. The highest BCUT2D eigenvalue weighted by Crippen LogP contribution is 2.37. The Morgan fingerprint density at radius 2 is 1.71 bits per heavy atom. The highest BCUT2D eigenvalue weighted by atomic mass is 32.2. The first-order valence-corrected chi connectivity index (χ1v) is 18.4. The number of hydrogen-bond donors (Lipinski definition) is 2. The van der Waals surface area contributed by atoms with E-state index in [9.17, 15) is 28.2 Å². The molecule has 272 valence electrons. The van der Waals surface area contributed by atoms with Gasteiger partial charge in [-0.05, 0) is 18.2 Å². The van der Waals surface area contributed by atoms with Gasteiger partial charge >= 0.3 is 12.1 Å². The van der Waals surface area contributed by atoms with Crippen LogP contribution in [0.2, 0.25) is 0 Å². The Bertz CT molecular complexity index is 1870. The van der Waals surface area contributed by atoms with Crippen LogP contribution in [0.1, 0.15) is 22.9 Å². The van der Waals surface area contributed by atoms with Crippen molar-refractivity contribution in [2.45, 2.75) is 17.5 Å². The van der Waals surface area contributed by atoms with Crippen molar-refractivity contribution in [3.63, 3.8) is 0 Å². The average molecular weight is 750 g/mol. The number of esters is 1. The van der Waals surface area contributed by atoms with Gasteiger partial charge < -0.3 is 34.7 Å². The maximum absolute atomic E-state index is 14.3. The van der Waals surface area contributed by atoms with Gasteiger partial charge in [-0.15, -0.1) is 11.3 Å². The Morgan fingerprint density at radius 1 is 1.06 bits per heavy atom. The van der Waals surface area contributed by atoms with Gasteiger partial charge in [0.1, 0.15) is 36.5 Å². The molecule has 2 N–H and O–H groups in total. The van der Waals surface area contributed by atoms with Crippen LogP contribution in [0.4, 0.5) is 9.93 Å². The second-order valence-corrected chi connectivity index (χ2v) is 14.3. The molecule has 0 saturated carbocycles. The molecule has 52 heavy (non-hydrogen) atoms. The number of amides is 4. The van der Waals surface area contributed by atoms with Crippen molar-refractivity contribution < 1.29 is 42.5 Å². The first-order chi connectivity index (χ1) is 25.2. The minimum absolute atomic E-state index is 0.0589. The molecule has 2 unspecified atom stereocenters. The van der Waals surface area contributed by atoms with Crippen LogP contribution in [-0.4, -0.2) is 124 Å². The van der Waals surface area contributed by atoms with E-state index in [0.717, 1.165) is 16.2 Å². The van der Waals surface area contributed by atoms with E-state index in [1.165, 1.54) is 12.5 Å². The molecule has 18 heteroatoms. The molecule has 0 radical (unpaired) electrons. The summed E-state index contributed by atoms with van der Waals surface area (Å²) in [6.45, 7) is 1.80. The Hall–Kier alpha value is -5.46. The third kappa shape index (κ3) is 7.73. The first-order valence-electron chi connectivity index (χ1n) is 16.1. The normalized spacial score (nSPS) is 20.5. The van der Waals surface area contributed by atoms with Crippen molar-refractivity contribution in [1.29, 1.82) is 0 Å². The monoisotopic (exact) mass is 749 g/mol. The zero-order valence-electron chi connectivity index (χ0n) is 28.1. The molecule has 2 fully saturated rings. The van der Waals surface area contributed by atoms with E-state index in [0.29, 0.717) is 43.7 Å². The lowest BCUT2D eigenvalue weighted by Crippen LogP contribution is -2.74. The number of thiazole rings is 1. The van der Waals surface area contributed by atoms with Gasteiger partial charge in [0.2, 0.25) is 6.41 Å². The summed E-state index contributed by atoms with van der Waals surface area (Å²) < 4.78 is 25.5. The molecular formula is C34H35N7O9S2. The van der Waals surface area contributed by atoms with E-state index in [1.54, 1.807) is 53.4 Å². The number of carbonyl (C=O) groups excluding carboxylic acids is 5. The van der Waals surface area contributed by atoms with Gasteiger partial charge in [0, 0.05) is 37.1 Å². The molecule has 16 nitrogen and oxygen atoms in total. The molecule has 0 aliphatic carbocycles. The number of carbonyl (C=O) groups is 5. The SMILES string of the molecule is CON=C(C(=O)NC1C(=O)N2C(C(=O)OC(c3ccccc3)c3ccccc3)=C(COC(=O)N3CCN(C)CC3)CS(=O)[C@H]12)c1csc(NC=O)n1. The summed E-state index contributed by atoms with van der Waals surface area (Å²) in [4.78, 5) is 79.1. The standard InChI is InChI=1S/C34H35N7O9S2/c1-39-13-15-40(16-14-39)34(46)49-17-23-19-52(47)31-26(37-29(43)25(38-48-2)24-18-51-33(36-24)35-20-42)30(44)41(31)27(23)32(45)50-28(21-9-5-3-6-10-21)22-11-7-4-8-12-22/h3-12,18,20,26,28,31H,13-17,19H2,1-2H3,(H,37,43)(H,35,36,42)/t26?,31-,52?/m1/s1. The second kappa shape index (κ2) is 16.3. The van der Waals surface area contributed by atoms with E-state index in [2.05, 4.69) is 25.7 Å². The lowest BCUT2D eigenvalue weighted by atomic mass is 10.0. The van der Waals surface area contributed by atoms with Crippen LogP contribution < -0.4 is 10.6 Å². The third-order valence-corrected chi connectivity index (χ3v) is 11.0. The molecule has 2 aromatic carbocycles. The Morgan fingerprint density at radius 3 is 2.33 bits per heavy atom. The van der Waals surface area contributed by atoms with E-state index in [4.69, 9.17) is 14.3 Å². The fourth-order valence-corrected chi connectivity index (χ4v) is 8.25. The summed E-state index contributed by atoms with van der Waals surface area (Å²) in [6.07, 6.45) is -1.06. The van der Waals surface area contributed by atoms with Crippen LogP contribution >= 0.6 is 11.3 Å². The number of oxime groups is 1. The van der Waals surface area contributed by atoms with Crippen LogP contribution in [0.3, 0.4) is 0 Å². The number of aromatic nitrogens is 1. The molecule has 2 saturated heterocycles. The lowest BCUT2D eigenvalue weighted by molar-refractivity contribution is -0.154. The van der Waals surface area contributed by atoms with E-state index in [-0.39, 0.29) is 33.6 Å². The molecule has 0 spiro atoms. The fourth-order valence-electron chi connectivity index (χ4n) is 5.93. The van der Waals surface area contributed by atoms with Gasteiger partial charge in [0.05, 0.1) is 16.6 Å². The highest BCUT2D eigenvalue weighted by Gasteiger charge is 2.58. The number of fused-ring (bicyclic) bond motifs is 1. The topological polar surface area (TPSA) is 189 Å². The number of β-lactam (4-membered cyclic amide) rings is 1. The van der Waals surface area contributed by atoms with E-state index >= 15 is 0 Å². The van der Waals surface area contributed by atoms with E-state index in [1.807, 2.05) is 19.2 Å². The van der Waals surface area contributed by atoms with Crippen molar-refractivity contribution in [2.75, 3.05) is 58.0 Å². The van der Waals surface area contributed by atoms with Crippen molar-refractivity contribution in [3.8, 4) is 0 Å². The van der Waals surface area contributed by atoms with Crippen molar-refractivity contribution in [2.24, 2.45) is 5.16 Å². The smallest absolute Gasteiger partial charge is 0.410 e. The molecule has 3 aliphatic heterocycles. The molecule has 3 aromatic rings. The predicted octanol–water partition coefficient (Wildman–Crippen LogP) is 1.45. The number of anilines is 1. The van der Waals surface area contributed by atoms with Gasteiger partial charge in [-0.2, -0.15) is 0 Å². The number of piperazine rings is 1. The van der Waals surface area contributed by atoms with Crippen molar-refractivity contribution in [1.82, 2.24) is 25.0 Å². The minimum atomic E-state index is -1.85. The third-order valence-electron chi connectivity index (χ3n) is 8.57. The van der Waals surface area contributed by atoms with Gasteiger partial charge in [-0.1, -0.05) is 65.8 Å². The average Bonchev–Trinajstić information content (AvgIpc) is 3.62. The van der Waals surface area contributed by atoms with Gasteiger partial charge in [-0.25, -0.2) is 14.6 Å². The summed E-state index contributed by atoms with van der Waals surface area (Å²) in [5.74, 6) is -2.75. The minimum Gasteiger partial charge on any atom is -0.448 e. The largest absolute Gasteiger partial charge is 0.448 e. The Labute approximate surface area is 304 Å². The van der Waals surface area contributed by atoms with Crippen molar-refractivity contribution in [3.05, 3.63) is 94.1 Å². The van der Waals surface area contributed by atoms with Crippen LogP contribution in [-0.2, 0) is 44.3 Å². The zero-order chi connectivity index (χ0) is 36.8. The van der Waals surface area contributed by atoms with Crippen LogP contribution in [0.15, 0.2) is 82.5 Å². The molecule has 4 amide bonds. The molecule has 3 aliphatic rings. The number of likely N-dealkylation sites (N-methyl/N-ethyl adjacent to an activating group) is 1. The lowest BCUT2D eigenvalue weighted by Gasteiger charge is -2.49. The van der Waals surface area contributed by atoms with Crippen LogP contribution in [0.25, 0.3) is 0 Å². The molecular weight excluding hydrogens is 715 g/mol. The number of nitrogens with one attached hydrogen (secondary N) is 2. The zero-order valence-corrected chi connectivity index (χ0v) is 29.8. The first kappa shape index (κ1) is 36.3.